The van der Waals surface area contributed by atoms with Gasteiger partial charge in [-0.25, -0.2) is 0 Å². The molecular formula is C15H18N2O2. The second kappa shape index (κ2) is 4.02. The van der Waals surface area contributed by atoms with Gasteiger partial charge in [0.15, 0.2) is 0 Å². The van der Waals surface area contributed by atoms with E-state index in [1.807, 2.05) is 18.3 Å². The monoisotopic (exact) mass is 258 g/mol. The lowest BCUT2D eigenvalue weighted by atomic mass is 9.74. The van der Waals surface area contributed by atoms with E-state index in [4.69, 9.17) is 0 Å². The molecular weight excluding hydrogens is 240 g/mol. The number of anilines is 1. The average molecular weight is 258 g/mol. The zero-order valence-corrected chi connectivity index (χ0v) is 11.1. The lowest BCUT2D eigenvalue weighted by molar-refractivity contribution is -0.120. The number of phenols is 1. The highest BCUT2D eigenvalue weighted by Crippen LogP contribution is 2.45. The molecule has 0 bridgehead atoms. The fourth-order valence-corrected chi connectivity index (χ4v) is 3.12. The summed E-state index contributed by atoms with van der Waals surface area (Å²) in [6.07, 6.45) is 4.73. The number of fused-ring (bicyclic) bond motifs is 2. The highest BCUT2D eigenvalue weighted by atomic mass is 16.3. The van der Waals surface area contributed by atoms with Gasteiger partial charge in [-0.15, -0.1) is 0 Å². The quantitative estimate of drug-likeness (QED) is 0.761. The summed E-state index contributed by atoms with van der Waals surface area (Å²) in [6.45, 7) is 4.30. The number of rotatable bonds is 2. The highest BCUT2D eigenvalue weighted by molar-refractivity contribution is 6.09. The molecule has 0 aromatic heterocycles. The molecule has 19 heavy (non-hydrogen) atoms. The van der Waals surface area contributed by atoms with Crippen LogP contribution in [0.1, 0.15) is 25.8 Å². The molecule has 4 heteroatoms. The number of hydrogen-bond acceptors (Lipinski definition) is 3. The van der Waals surface area contributed by atoms with Crippen molar-refractivity contribution in [3.8, 4) is 5.75 Å². The Bertz CT molecular complexity index is 565. The van der Waals surface area contributed by atoms with Crippen molar-refractivity contribution in [2.24, 2.45) is 5.92 Å². The SMILES string of the molecule is CC(C)C[C@@H]1NC=C[C@]12C(=O)Nc1cc(O)ccc12. The zero-order chi connectivity index (χ0) is 13.6. The zero-order valence-electron chi connectivity index (χ0n) is 11.1. The second-order valence-corrected chi connectivity index (χ2v) is 5.74. The molecule has 2 heterocycles. The number of phenolic OH excluding ortho intramolecular Hbond substituents is 1. The summed E-state index contributed by atoms with van der Waals surface area (Å²) in [4.78, 5) is 12.5. The Morgan fingerprint density at radius 1 is 1.42 bits per heavy atom. The van der Waals surface area contributed by atoms with E-state index in [1.165, 1.54) is 0 Å². The van der Waals surface area contributed by atoms with Gasteiger partial charge < -0.3 is 15.7 Å². The van der Waals surface area contributed by atoms with E-state index in [1.54, 1.807) is 12.1 Å². The molecule has 0 saturated carbocycles. The standard InChI is InChI=1S/C15H18N2O2/c1-9(2)7-13-15(5-6-16-13)11-4-3-10(18)8-12(11)17-14(15)19/h3-6,8-9,13,16,18H,7H2,1-2H3,(H,17,19)/t13-,15+/m0/s1. The normalized spacial score (nSPS) is 27.7. The molecule has 2 atom stereocenters. The summed E-state index contributed by atoms with van der Waals surface area (Å²) < 4.78 is 0. The number of aromatic hydroxyl groups is 1. The van der Waals surface area contributed by atoms with Crippen molar-refractivity contribution in [2.75, 3.05) is 5.32 Å². The fourth-order valence-electron chi connectivity index (χ4n) is 3.12. The summed E-state index contributed by atoms with van der Waals surface area (Å²) in [5.74, 6) is 0.662. The van der Waals surface area contributed by atoms with Crippen LogP contribution in [0.15, 0.2) is 30.5 Å². The van der Waals surface area contributed by atoms with Crippen molar-refractivity contribution in [3.63, 3.8) is 0 Å². The van der Waals surface area contributed by atoms with Crippen molar-refractivity contribution in [3.05, 3.63) is 36.0 Å². The minimum Gasteiger partial charge on any atom is -0.508 e. The third-order valence-corrected chi connectivity index (χ3v) is 3.97. The van der Waals surface area contributed by atoms with Crippen LogP contribution in [0, 0.1) is 5.92 Å². The number of benzene rings is 1. The first-order chi connectivity index (χ1) is 9.04. The van der Waals surface area contributed by atoms with Gasteiger partial charge in [-0.3, -0.25) is 4.79 Å². The maximum atomic E-state index is 12.5. The van der Waals surface area contributed by atoms with E-state index < -0.39 is 5.41 Å². The van der Waals surface area contributed by atoms with Crippen LogP contribution in [-0.4, -0.2) is 17.1 Å². The van der Waals surface area contributed by atoms with Crippen LogP contribution in [0.2, 0.25) is 0 Å². The fraction of sp³-hybridized carbons (Fsp3) is 0.400. The molecule has 3 N–H and O–H groups in total. The van der Waals surface area contributed by atoms with Crippen molar-refractivity contribution in [1.82, 2.24) is 5.32 Å². The van der Waals surface area contributed by atoms with E-state index in [0.717, 1.165) is 12.0 Å². The van der Waals surface area contributed by atoms with Gasteiger partial charge in [0.05, 0.1) is 0 Å². The van der Waals surface area contributed by atoms with E-state index in [0.29, 0.717) is 11.6 Å². The predicted octanol–water partition coefficient (Wildman–Crippen LogP) is 2.11. The number of carbonyl (C=O) groups excluding carboxylic acids is 1. The Morgan fingerprint density at radius 2 is 2.21 bits per heavy atom. The lowest BCUT2D eigenvalue weighted by Crippen LogP contribution is -2.46. The predicted molar refractivity (Wildman–Crippen MR) is 73.9 cm³/mol. The van der Waals surface area contributed by atoms with Gasteiger partial charge in [-0.2, -0.15) is 0 Å². The maximum Gasteiger partial charge on any atom is 0.241 e. The number of nitrogens with one attached hydrogen (secondary N) is 2. The molecule has 0 fully saturated rings. The molecule has 100 valence electrons. The average Bonchev–Trinajstić information content (AvgIpc) is 2.84. The molecule has 1 aromatic carbocycles. The van der Waals surface area contributed by atoms with Crippen molar-refractivity contribution < 1.29 is 9.90 Å². The first-order valence-electron chi connectivity index (χ1n) is 6.62. The molecule has 4 nitrogen and oxygen atoms in total. The molecule has 0 unspecified atom stereocenters. The van der Waals surface area contributed by atoms with Gasteiger partial charge in [0.2, 0.25) is 5.91 Å². The van der Waals surface area contributed by atoms with E-state index in [9.17, 15) is 9.90 Å². The molecule has 2 aliphatic rings. The summed E-state index contributed by atoms with van der Waals surface area (Å²) in [6, 6.07) is 5.16. The van der Waals surface area contributed by atoms with Crippen LogP contribution in [-0.2, 0) is 10.2 Å². The Morgan fingerprint density at radius 3 is 2.95 bits per heavy atom. The van der Waals surface area contributed by atoms with Crippen LogP contribution >= 0.6 is 0 Å². The second-order valence-electron chi connectivity index (χ2n) is 5.74. The number of carbonyl (C=O) groups is 1. The lowest BCUT2D eigenvalue weighted by Gasteiger charge is -2.30. The van der Waals surface area contributed by atoms with Gasteiger partial charge in [0.1, 0.15) is 11.2 Å². The molecule has 0 aliphatic carbocycles. The Hall–Kier alpha value is -1.97. The van der Waals surface area contributed by atoms with Gasteiger partial charge >= 0.3 is 0 Å². The smallest absolute Gasteiger partial charge is 0.241 e. The Labute approximate surface area is 112 Å². The number of amides is 1. The topological polar surface area (TPSA) is 61.4 Å². The van der Waals surface area contributed by atoms with Gasteiger partial charge in [-0.1, -0.05) is 19.9 Å². The highest BCUT2D eigenvalue weighted by Gasteiger charge is 2.52. The van der Waals surface area contributed by atoms with Crippen LogP contribution < -0.4 is 10.6 Å². The molecule has 2 aliphatic heterocycles. The molecule has 1 aromatic rings. The van der Waals surface area contributed by atoms with Crippen molar-refractivity contribution in [2.45, 2.75) is 31.7 Å². The van der Waals surface area contributed by atoms with Crippen molar-refractivity contribution in [1.29, 1.82) is 0 Å². The third kappa shape index (κ3) is 1.63. The molecule has 0 saturated heterocycles. The first kappa shape index (κ1) is 12.1. The Kier molecular flexibility index (Phi) is 2.55. The molecule has 1 amide bonds. The molecule has 0 radical (unpaired) electrons. The first-order valence-corrected chi connectivity index (χ1v) is 6.62. The summed E-state index contributed by atoms with van der Waals surface area (Å²) in [5, 5.41) is 15.7. The van der Waals surface area contributed by atoms with E-state index >= 15 is 0 Å². The summed E-state index contributed by atoms with van der Waals surface area (Å²) in [5.41, 5.74) is 1.03. The largest absolute Gasteiger partial charge is 0.508 e. The third-order valence-electron chi connectivity index (χ3n) is 3.97. The van der Waals surface area contributed by atoms with Crippen LogP contribution in [0.4, 0.5) is 5.69 Å². The van der Waals surface area contributed by atoms with Gasteiger partial charge in [0, 0.05) is 17.8 Å². The summed E-state index contributed by atoms with van der Waals surface area (Å²) >= 11 is 0. The van der Waals surface area contributed by atoms with Gasteiger partial charge in [0.25, 0.3) is 0 Å². The van der Waals surface area contributed by atoms with Crippen LogP contribution in [0.5, 0.6) is 5.75 Å². The minimum absolute atomic E-state index is 0.0139. The van der Waals surface area contributed by atoms with E-state index in [2.05, 4.69) is 24.5 Å². The Balaban J connectivity index is 2.09. The maximum absolute atomic E-state index is 12.5. The van der Waals surface area contributed by atoms with Crippen LogP contribution in [0.25, 0.3) is 0 Å². The van der Waals surface area contributed by atoms with Crippen molar-refractivity contribution >= 4 is 11.6 Å². The number of hydrogen-bond donors (Lipinski definition) is 3. The molecule has 3 rings (SSSR count). The minimum atomic E-state index is -0.632. The van der Waals surface area contributed by atoms with E-state index in [-0.39, 0.29) is 17.7 Å². The summed E-state index contributed by atoms with van der Waals surface area (Å²) in [7, 11) is 0. The van der Waals surface area contributed by atoms with Crippen LogP contribution in [0.3, 0.4) is 0 Å². The van der Waals surface area contributed by atoms with Gasteiger partial charge in [-0.05, 0) is 36.2 Å². The molecule has 1 spiro atoms.